The van der Waals surface area contributed by atoms with Gasteiger partial charge in [-0.25, -0.2) is 14.4 Å². The minimum absolute atomic E-state index is 0.0345. The normalized spacial score (nSPS) is 11.5. The Labute approximate surface area is 159 Å². The van der Waals surface area contributed by atoms with E-state index in [2.05, 4.69) is 31.2 Å². The Morgan fingerprint density at radius 2 is 1.77 bits per heavy atom. The third-order valence-corrected chi connectivity index (χ3v) is 4.14. The molecule has 0 aliphatic carbocycles. The molecule has 0 fully saturated rings. The molecule has 2 aromatic carbocycles. The van der Waals surface area contributed by atoms with Crippen molar-refractivity contribution < 1.29 is 17.6 Å². The van der Waals surface area contributed by atoms with E-state index >= 15 is 0 Å². The SMILES string of the molecule is Fc1ccc(Nc2cc(Cl)nc(-c3cccc(C(F)(F)F)c3)n2)cc1Br. The van der Waals surface area contributed by atoms with Gasteiger partial charge in [0.15, 0.2) is 5.82 Å². The number of alkyl halides is 3. The van der Waals surface area contributed by atoms with Crippen LogP contribution >= 0.6 is 27.5 Å². The Balaban J connectivity index is 1.96. The van der Waals surface area contributed by atoms with Gasteiger partial charge in [0.05, 0.1) is 10.0 Å². The number of rotatable bonds is 3. The predicted octanol–water partition coefficient (Wildman–Crippen LogP) is 6.46. The van der Waals surface area contributed by atoms with Crippen LogP contribution in [0, 0.1) is 5.82 Å². The second-order valence-electron chi connectivity index (χ2n) is 5.23. The highest BCUT2D eigenvalue weighted by molar-refractivity contribution is 9.10. The van der Waals surface area contributed by atoms with Crippen LogP contribution in [-0.2, 0) is 6.18 Å². The number of nitrogens with one attached hydrogen (secondary N) is 1. The second-order valence-corrected chi connectivity index (χ2v) is 6.47. The first-order valence-electron chi connectivity index (χ1n) is 7.17. The molecule has 0 bridgehead atoms. The zero-order chi connectivity index (χ0) is 18.9. The molecule has 3 nitrogen and oxygen atoms in total. The molecule has 0 spiro atoms. The van der Waals surface area contributed by atoms with Crippen LogP contribution in [0.3, 0.4) is 0 Å². The van der Waals surface area contributed by atoms with Gasteiger partial charge in [0.1, 0.15) is 16.8 Å². The van der Waals surface area contributed by atoms with Crippen molar-refractivity contribution in [2.24, 2.45) is 0 Å². The number of halogens is 6. The standard InChI is InChI=1S/C17H9BrClF4N3/c18-12-7-11(4-5-13(12)20)24-15-8-14(19)25-16(26-15)9-2-1-3-10(6-9)17(21,22)23/h1-8H,(H,24,25,26). The average molecular weight is 447 g/mol. The van der Waals surface area contributed by atoms with E-state index in [0.717, 1.165) is 12.1 Å². The van der Waals surface area contributed by atoms with Crippen molar-refractivity contribution in [3.63, 3.8) is 0 Å². The molecular weight excluding hydrogens is 438 g/mol. The van der Waals surface area contributed by atoms with E-state index in [1.807, 2.05) is 0 Å². The summed E-state index contributed by atoms with van der Waals surface area (Å²) < 4.78 is 52.2. The number of hydrogen-bond acceptors (Lipinski definition) is 3. The summed E-state index contributed by atoms with van der Waals surface area (Å²) in [6.07, 6.45) is -4.48. The lowest BCUT2D eigenvalue weighted by Gasteiger charge is -2.10. The van der Waals surface area contributed by atoms with Gasteiger partial charge in [-0.1, -0.05) is 23.7 Å². The Morgan fingerprint density at radius 1 is 1.00 bits per heavy atom. The molecule has 0 amide bonds. The van der Waals surface area contributed by atoms with E-state index in [9.17, 15) is 17.6 Å². The summed E-state index contributed by atoms with van der Waals surface area (Å²) in [4.78, 5) is 8.17. The lowest BCUT2D eigenvalue weighted by atomic mass is 10.1. The molecule has 1 N–H and O–H groups in total. The number of nitrogens with zero attached hydrogens (tertiary/aromatic N) is 2. The first kappa shape index (κ1) is 18.6. The van der Waals surface area contributed by atoms with Gasteiger partial charge in [-0.2, -0.15) is 13.2 Å². The van der Waals surface area contributed by atoms with Gasteiger partial charge >= 0.3 is 6.18 Å². The fraction of sp³-hybridized carbons (Fsp3) is 0.0588. The molecule has 1 heterocycles. The third-order valence-electron chi connectivity index (χ3n) is 3.33. The molecule has 0 unspecified atom stereocenters. The smallest absolute Gasteiger partial charge is 0.340 e. The molecular formula is C17H9BrClF4N3. The van der Waals surface area contributed by atoms with Crippen molar-refractivity contribution in [2.75, 3.05) is 5.32 Å². The topological polar surface area (TPSA) is 37.8 Å². The van der Waals surface area contributed by atoms with Crippen molar-refractivity contribution in [1.82, 2.24) is 9.97 Å². The van der Waals surface area contributed by atoms with Crippen LogP contribution in [0.15, 0.2) is 53.0 Å². The summed E-state index contributed by atoms with van der Waals surface area (Å²) in [5.41, 5.74) is -0.121. The lowest BCUT2D eigenvalue weighted by molar-refractivity contribution is -0.137. The van der Waals surface area contributed by atoms with E-state index in [-0.39, 0.29) is 26.8 Å². The van der Waals surface area contributed by atoms with Crippen molar-refractivity contribution in [3.05, 3.63) is 69.5 Å². The molecule has 3 rings (SSSR count). The van der Waals surface area contributed by atoms with E-state index in [1.54, 1.807) is 0 Å². The first-order chi connectivity index (χ1) is 12.2. The van der Waals surface area contributed by atoms with Gasteiger partial charge in [-0.05, 0) is 46.3 Å². The van der Waals surface area contributed by atoms with Crippen molar-refractivity contribution in [2.45, 2.75) is 6.18 Å². The summed E-state index contributed by atoms with van der Waals surface area (Å²) in [7, 11) is 0. The van der Waals surface area contributed by atoms with Crippen molar-refractivity contribution in [3.8, 4) is 11.4 Å². The molecule has 9 heteroatoms. The zero-order valence-corrected chi connectivity index (χ0v) is 15.1. The Bertz CT molecular complexity index is 963. The van der Waals surface area contributed by atoms with E-state index in [1.165, 1.54) is 36.4 Å². The lowest BCUT2D eigenvalue weighted by Crippen LogP contribution is -2.05. The van der Waals surface area contributed by atoms with Crippen LogP contribution in [0.2, 0.25) is 5.15 Å². The van der Waals surface area contributed by atoms with Crippen LogP contribution in [0.5, 0.6) is 0 Å². The summed E-state index contributed by atoms with van der Waals surface area (Å²) >= 11 is 9.04. The maximum atomic E-state index is 13.3. The van der Waals surface area contributed by atoms with Crippen LogP contribution in [0.25, 0.3) is 11.4 Å². The van der Waals surface area contributed by atoms with Gasteiger partial charge in [-0.3, -0.25) is 0 Å². The quantitative estimate of drug-likeness (QED) is 0.370. The minimum atomic E-state index is -4.48. The Morgan fingerprint density at radius 3 is 2.46 bits per heavy atom. The summed E-state index contributed by atoms with van der Waals surface area (Å²) in [5, 5.41) is 2.97. The molecule has 0 saturated heterocycles. The minimum Gasteiger partial charge on any atom is -0.340 e. The molecule has 0 radical (unpaired) electrons. The molecule has 0 atom stereocenters. The molecule has 134 valence electrons. The fourth-order valence-corrected chi connectivity index (χ4v) is 2.73. The van der Waals surface area contributed by atoms with Crippen LogP contribution < -0.4 is 5.32 Å². The molecule has 0 aliphatic heterocycles. The molecule has 3 aromatic rings. The maximum absolute atomic E-state index is 13.3. The van der Waals surface area contributed by atoms with E-state index < -0.39 is 17.6 Å². The Hall–Kier alpha value is -2.19. The fourth-order valence-electron chi connectivity index (χ4n) is 2.17. The molecule has 1 aromatic heterocycles. The van der Waals surface area contributed by atoms with E-state index in [4.69, 9.17) is 11.6 Å². The van der Waals surface area contributed by atoms with Crippen LogP contribution in [0.1, 0.15) is 5.56 Å². The van der Waals surface area contributed by atoms with Gasteiger partial charge < -0.3 is 5.32 Å². The maximum Gasteiger partial charge on any atom is 0.416 e. The van der Waals surface area contributed by atoms with Crippen molar-refractivity contribution >= 4 is 39.0 Å². The summed E-state index contributed by atoms with van der Waals surface area (Å²) in [6.45, 7) is 0. The molecule has 26 heavy (non-hydrogen) atoms. The van der Waals surface area contributed by atoms with Crippen LogP contribution in [0.4, 0.5) is 29.1 Å². The summed E-state index contributed by atoms with van der Waals surface area (Å²) in [6, 6.07) is 10.3. The van der Waals surface area contributed by atoms with Gasteiger partial charge in [0.25, 0.3) is 0 Å². The largest absolute Gasteiger partial charge is 0.416 e. The number of hydrogen-bond donors (Lipinski definition) is 1. The highest BCUT2D eigenvalue weighted by Crippen LogP contribution is 2.32. The predicted molar refractivity (Wildman–Crippen MR) is 94.9 cm³/mol. The summed E-state index contributed by atoms with van der Waals surface area (Å²) in [5.74, 6) is -0.135. The van der Waals surface area contributed by atoms with Crippen molar-refractivity contribution in [1.29, 1.82) is 0 Å². The van der Waals surface area contributed by atoms with Crippen LogP contribution in [-0.4, -0.2) is 9.97 Å². The monoisotopic (exact) mass is 445 g/mol. The average Bonchev–Trinajstić information content (AvgIpc) is 2.57. The third kappa shape index (κ3) is 4.31. The Kier molecular flexibility index (Phi) is 5.15. The molecule has 0 aliphatic rings. The number of aromatic nitrogens is 2. The van der Waals surface area contributed by atoms with Gasteiger partial charge in [0, 0.05) is 17.3 Å². The zero-order valence-electron chi connectivity index (χ0n) is 12.8. The van der Waals surface area contributed by atoms with Gasteiger partial charge in [0.2, 0.25) is 0 Å². The number of anilines is 2. The number of benzene rings is 2. The first-order valence-corrected chi connectivity index (χ1v) is 8.34. The highest BCUT2D eigenvalue weighted by Gasteiger charge is 2.30. The van der Waals surface area contributed by atoms with Gasteiger partial charge in [-0.15, -0.1) is 0 Å². The molecule has 0 saturated carbocycles. The highest BCUT2D eigenvalue weighted by atomic mass is 79.9. The van der Waals surface area contributed by atoms with E-state index in [0.29, 0.717) is 5.69 Å². The second kappa shape index (κ2) is 7.20.